The van der Waals surface area contributed by atoms with Crippen molar-refractivity contribution in [1.29, 1.82) is 0 Å². The highest BCUT2D eigenvalue weighted by Gasteiger charge is 2.18. The van der Waals surface area contributed by atoms with E-state index < -0.39 is 0 Å². The SMILES string of the molecule is COCCNCCC=CCC1OCCc2ccccc21. The van der Waals surface area contributed by atoms with Crippen LogP contribution in [0.4, 0.5) is 0 Å². The Morgan fingerprint density at radius 1 is 1.30 bits per heavy atom. The number of rotatable bonds is 8. The van der Waals surface area contributed by atoms with Gasteiger partial charge < -0.3 is 14.8 Å². The zero-order chi connectivity index (χ0) is 14.0. The lowest BCUT2D eigenvalue weighted by Crippen LogP contribution is -2.19. The van der Waals surface area contributed by atoms with E-state index in [1.807, 2.05) is 0 Å². The summed E-state index contributed by atoms with van der Waals surface area (Å²) >= 11 is 0. The molecule has 1 heterocycles. The van der Waals surface area contributed by atoms with Crippen molar-refractivity contribution in [3.8, 4) is 0 Å². The Morgan fingerprint density at radius 2 is 2.20 bits per heavy atom. The summed E-state index contributed by atoms with van der Waals surface area (Å²) in [6.45, 7) is 3.54. The minimum Gasteiger partial charge on any atom is -0.383 e. The number of nitrogens with one attached hydrogen (secondary N) is 1. The zero-order valence-electron chi connectivity index (χ0n) is 12.3. The number of hydrogen-bond acceptors (Lipinski definition) is 3. The Bertz CT molecular complexity index is 417. The molecule has 0 fully saturated rings. The first-order chi connectivity index (χ1) is 9.92. The van der Waals surface area contributed by atoms with Crippen LogP contribution in [0.25, 0.3) is 0 Å². The molecule has 3 heteroatoms. The predicted molar refractivity (Wildman–Crippen MR) is 82.0 cm³/mol. The average Bonchev–Trinajstić information content (AvgIpc) is 2.50. The average molecular weight is 275 g/mol. The number of benzene rings is 1. The maximum atomic E-state index is 5.88. The molecule has 0 aliphatic carbocycles. The Morgan fingerprint density at radius 3 is 3.10 bits per heavy atom. The number of fused-ring (bicyclic) bond motifs is 1. The van der Waals surface area contributed by atoms with E-state index in [1.54, 1.807) is 7.11 Å². The maximum Gasteiger partial charge on any atom is 0.0862 e. The highest BCUT2D eigenvalue weighted by molar-refractivity contribution is 5.31. The fourth-order valence-corrected chi connectivity index (χ4v) is 2.49. The van der Waals surface area contributed by atoms with Gasteiger partial charge in [0.25, 0.3) is 0 Å². The van der Waals surface area contributed by atoms with Crippen LogP contribution < -0.4 is 5.32 Å². The van der Waals surface area contributed by atoms with Gasteiger partial charge in [0.1, 0.15) is 0 Å². The van der Waals surface area contributed by atoms with Crippen molar-refractivity contribution in [1.82, 2.24) is 5.32 Å². The van der Waals surface area contributed by atoms with Crippen LogP contribution in [0.15, 0.2) is 36.4 Å². The second-order valence-electron chi connectivity index (χ2n) is 5.05. The summed E-state index contributed by atoms with van der Waals surface area (Å²) in [6.07, 6.45) is 7.77. The fourth-order valence-electron chi connectivity index (χ4n) is 2.49. The molecule has 2 rings (SSSR count). The first kappa shape index (κ1) is 15.2. The van der Waals surface area contributed by atoms with Crippen LogP contribution in [0.2, 0.25) is 0 Å². The smallest absolute Gasteiger partial charge is 0.0862 e. The van der Waals surface area contributed by atoms with Gasteiger partial charge in [0.05, 0.1) is 19.3 Å². The minimum atomic E-state index is 0.234. The van der Waals surface area contributed by atoms with Crippen LogP contribution in [0, 0.1) is 0 Å². The maximum absolute atomic E-state index is 5.88. The van der Waals surface area contributed by atoms with Gasteiger partial charge in [-0.2, -0.15) is 0 Å². The van der Waals surface area contributed by atoms with E-state index in [0.717, 1.165) is 45.6 Å². The third-order valence-corrected chi connectivity index (χ3v) is 3.58. The van der Waals surface area contributed by atoms with E-state index >= 15 is 0 Å². The number of ether oxygens (including phenoxy) is 2. The molecule has 0 aromatic heterocycles. The van der Waals surface area contributed by atoms with Crippen molar-refractivity contribution in [2.45, 2.75) is 25.4 Å². The van der Waals surface area contributed by atoms with Crippen molar-refractivity contribution in [3.05, 3.63) is 47.5 Å². The van der Waals surface area contributed by atoms with Gasteiger partial charge in [0.2, 0.25) is 0 Å². The second kappa shape index (κ2) is 8.90. The van der Waals surface area contributed by atoms with Crippen molar-refractivity contribution < 1.29 is 9.47 Å². The molecule has 1 aliphatic heterocycles. The Balaban J connectivity index is 1.70. The Hall–Kier alpha value is -1.16. The van der Waals surface area contributed by atoms with E-state index in [4.69, 9.17) is 9.47 Å². The first-order valence-corrected chi connectivity index (χ1v) is 7.46. The largest absolute Gasteiger partial charge is 0.383 e. The van der Waals surface area contributed by atoms with Crippen LogP contribution in [0.3, 0.4) is 0 Å². The second-order valence-corrected chi connectivity index (χ2v) is 5.05. The predicted octanol–water partition coefficient (Wildman–Crippen LogP) is 2.87. The summed E-state index contributed by atoms with van der Waals surface area (Å²) in [6, 6.07) is 8.63. The molecule has 110 valence electrons. The Kier molecular flexibility index (Phi) is 6.78. The van der Waals surface area contributed by atoms with Crippen LogP contribution in [-0.2, 0) is 15.9 Å². The quantitative estimate of drug-likeness (QED) is 0.584. The van der Waals surface area contributed by atoms with Crippen LogP contribution in [0.1, 0.15) is 30.1 Å². The standard InChI is InChI=1S/C17H25NO2/c1-19-14-12-18-11-6-2-3-9-17-16-8-5-4-7-15(16)10-13-20-17/h2-5,7-8,17-18H,6,9-14H2,1H3. The van der Waals surface area contributed by atoms with Gasteiger partial charge in [0, 0.05) is 13.7 Å². The van der Waals surface area contributed by atoms with E-state index in [-0.39, 0.29) is 6.10 Å². The summed E-state index contributed by atoms with van der Waals surface area (Å²) in [5.74, 6) is 0. The lowest BCUT2D eigenvalue weighted by molar-refractivity contribution is 0.0445. The molecule has 0 radical (unpaired) electrons. The summed E-state index contributed by atoms with van der Waals surface area (Å²) in [5, 5.41) is 3.33. The summed E-state index contributed by atoms with van der Waals surface area (Å²) in [5.41, 5.74) is 2.81. The van der Waals surface area contributed by atoms with Crippen molar-refractivity contribution in [2.24, 2.45) is 0 Å². The van der Waals surface area contributed by atoms with Crippen LogP contribution in [-0.4, -0.2) is 33.4 Å². The molecule has 0 spiro atoms. The lowest BCUT2D eigenvalue weighted by Gasteiger charge is -2.25. The van der Waals surface area contributed by atoms with Crippen molar-refractivity contribution in [2.75, 3.05) is 33.4 Å². The molecule has 0 saturated carbocycles. The van der Waals surface area contributed by atoms with Gasteiger partial charge in [-0.3, -0.25) is 0 Å². The molecule has 1 atom stereocenters. The van der Waals surface area contributed by atoms with Gasteiger partial charge in [0.15, 0.2) is 0 Å². The van der Waals surface area contributed by atoms with Gasteiger partial charge in [-0.15, -0.1) is 0 Å². The molecule has 0 bridgehead atoms. The molecule has 1 N–H and O–H groups in total. The van der Waals surface area contributed by atoms with E-state index in [2.05, 4.69) is 41.7 Å². The van der Waals surface area contributed by atoms with Crippen molar-refractivity contribution in [3.63, 3.8) is 0 Å². The van der Waals surface area contributed by atoms with Gasteiger partial charge >= 0.3 is 0 Å². The molecule has 1 aliphatic rings. The molecule has 3 nitrogen and oxygen atoms in total. The number of methoxy groups -OCH3 is 1. The summed E-state index contributed by atoms with van der Waals surface area (Å²) in [4.78, 5) is 0. The number of hydrogen-bond donors (Lipinski definition) is 1. The molecule has 20 heavy (non-hydrogen) atoms. The molecule has 1 aromatic rings. The van der Waals surface area contributed by atoms with Gasteiger partial charge in [-0.1, -0.05) is 36.4 Å². The first-order valence-electron chi connectivity index (χ1n) is 7.46. The molecule has 1 aromatic carbocycles. The Labute approximate surface area is 122 Å². The minimum absolute atomic E-state index is 0.234. The molecular formula is C17H25NO2. The molecule has 0 saturated heterocycles. The van der Waals surface area contributed by atoms with E-state index in [1.165, 1.54) is 11.1 Å². The van der Waals surface area contributed by atoms with Crippen LogP contribution >= 0.6 is 0 Å². The summed E-state index contributed by atoms with van der Waals surface area (Å²) in [7, 11) is 1.73. The third-order valence-electron chi connectivity index (χ3n) is 3.58. The topological polar surface area (TPSA) is 30.5 Å². The highest BCUT2D eigenvalue weighted by atomic mass is 16.5. The molecule has 0 amide bonds. The normalized spacial score (nSPS) is 18.4. The monoisotopic (exact) mass is 275 g/mol. The van der Waals surface area contributed by atoms with Crippen LogP contribution in [0.5, 0.6) is 0 Å². The lowest BCUT2D eigenvalue weighted by atomic mass is 9.96. The molecule has 1 unspecified atom stereocenters. The fraction of sp³-hybridized carbons (Fsp3) is 0.529. The van der Waals surface area contributed by atoms with Crippen molar-refractivity contribution >= 4 is 0 Å². The zero-order valence-corrected chi connectivity index (χ0v) is 12.3. The molecular weight excluding hydrogens is 250 g/mol. The summed E-state index contributed by atoms with van der Waals surface area (Å²) < 4.78 is 10.9. The van der Waals surface area contributed by atoms with E-state index in [0.29, 0.717) is 0 Å². The van der Waals surface area contributed by atoms with Gasteiger partial charge in [-0.05, 0) is 36.9 Å². The van der Waals surface area contributed by atoms with E-state index in [9.17, 15) is 0 Å². The third kappa shape index (κ3) is 4.75. The van der Waals surface area contributed by atoms with Gasteiger partial charge in [-0.25, -0.2) is 0 Å². The highest BCUT2D eigenvalue weighted by Crippen LogP contribution is 2.29.